The molecule has 22 heavy (non-hydrogen) atoms. The Balaban J connectivity index is 1.95. The molecule has 0 aliphatic heterocycles. The summed E-state index contributed by atoms with van der Waals surface area (Å²) in [6.45, 7) is 3.94. The van der Waals surface area contributed by atoms with Crippen molar-refractivity contribution < 1.29 is 5.11 Å². The van der Waals surface area contributed by atoms with Crippen molar-refractivity contribution in [3.63, 3.8) is 0 Å². The molecule has 2 aromatic heterocycles. The van der Waals surface area contributed by atoms with Crippen molar-refractivity contribution in [2.45, 2.75) is 19.3 Å². The van der Waals surface area contributed by atoms with E-state index in [1.807, 2.05) is 56.4 Å². The van der Waals surface area contributed by atoms with Crippen LogP contribution in [-0.2, 0) is 5.41 Å². The summed E-state index contributed by atoms with van der Waals surface area (Å²) < 4.78 is 1.71. The highest BCUT2D eigenvalue weighted by atomic mass is 16.3. The van der Waals surface area contributed by atoms with Crippen molar-refractivity contribution in [3.8, 4) is 11.8 Å². The maximum absolute atomic E-state index is 9.45. The van der Waals surface area contributed by atoms with Crippen molar-refractivity contribution in [2.24, 2.45) is 0 Å². The molecule has 0 atom stereocenters. The molecule has 0 saturated carbocycles. The number of aliphatic hydroxyl groups excluding tert-OH is 1. The van der Waals surface area contributed by atoms with Gasteiger partial charge in [-0.2, -0.15) is 5.10 Å². The fourth-order valence-corrected chi connectivity index (χ4v) is 2.02. The maximum atomic E-state index is 9.45. The number of hydrogen-bond donors (Lipinski definition) is 1. The van der Waals surface area contributed by atoms with Crippen molar-refractivity contribution in [2.75, 3.05) is 6.61 Å². The van der Waals surface area contributed by atoms with Gasteiger partial charge in [0.15, 0.2) is 5.65 Å². The summed E-state index contributed by atoms with van der Waals surface area (Å²) in [6.07, 6.45) is 3.60. The van der Waals surface area contributed by atoms with Crippen LogP contribution >= 0.6 is 0 Å². The summed E-state index contributed by atoms with van der Waals surface area (Å²) in [7, 11) is 0. The quantitative estimate of drug-likeness (QED) is 0.738. The highest BCUT2D eigenvalue weighted by Crippen LogP contribution is 2.21. The molecule has 3 rings (SSSR count). The highest BCUT2D eigenvalue weighted by Gasteiger charge is 2.23. The monoisotopic (exact) mass is 291 g/mol. The van der Waals surface area contributed by atoms with E-state index in [0.717, 1.165) is 22.5 Å². The molecule has 0 fully saturated rings. The van der Waals surface area contributed by atoms with E-state index in [2.05, 4.69) is 21.9 Å². The average molecular weight is 291 g/mol. The van der Waals surface area contributed by atoms with Gasteiger partial charge in [0.2, 0.25) is 0 Å². The van der Waals surface area contributed by atoms with E-state index in [9.17, 15) is 5.11 Å². The molecular formula is C18H17N3O. The molecule has 4 heteroatoms. The van der Waals surface area contributed by atoms with Gasteiger partial charge < -0.3 is 5.11 Å². The van der Waals surface area contributed by atoms with Crippen LogP contribution in [0.4, 0.5) is 0 Å². The predicted octanol–water partition coefficient (Wildman–Crippen LogP) is 2.40. The summed E-state index contributed by atoms with van der Waals surface area (Å²) >= 11 is 0. The van der Waals surface area contributed by atoms with Crippen LogP contribution in [0.5, 0.6) is 0 Å². The van der Waals surface area contributed by atoms with E-state index in [4.69, 9.17) is 0 Å². The predicted molar refractivity (Wildman–Crippen MR) is 85.5 cm³/mol. The van der Waals surface area contributed by atoms with Crippen LogP contribution in [0, 0.1) is 11.8 Å². The zero-order chi connectivity index (χ0) is 15.6. The molecule has 0 radical (unpaired) electrons. The first kappa shape index (κ1) is 14.3. The molecule has 0 aliphatic carbocycles. The molecule has 0 unspecified atom stereocenters. The van der Waals surface area contributed by atoms with Crippen LogP contribution in [-0.4, -0.2) is 26.3 Å². The zero-order valence-electron chi connectivity index (χ0n) is 12.6. The van der Waals surface area contributed by atoms with Gasteiger partial charge in [-0.3, -0.25) is 0 Å². The minimum Gasteiger partial charge on any atom is -0.395 e. The molecule has 0 spiro atoms. The Morgan fingerprint density at radius 1 is 1.14 bits per heavy atom. The molecule has 0 aliphatic rings. The van der Waals surface area contributed by atoms with Crippen molar-refractivity contribution >= 4 is 5.65 Å². The van der Waals surface area contributed by atoms with Crippen LogP contribution in [0.3, 0.4) is 0 Å². The first-order valence-electron chi connectivity index (χ1n) is 7.12. The Morgan fingerprint density at radius 3 is 2.59 bits per heavy atom. The van der Waals surface area contributed by atoms with Crippen LogP contribution < -0.4 is 0 Å². The van der Waals surface area contributed by atoms with E-state index < -0.39 is 0 Å². The van der Waals surface area contributed by atoms with Gasteiger partial charge in [-0.25, -0.2) is 9.50 Å². The third-order valence-corrected chi connectivity index (χ3v) is 3.53. The number of nitrogens with zero attached hydrogens (tertiary/aromatic N) is 3. The molecule has 110 valence electrons. The van der Waals surface area contributed by atoms with Gasteiger partial charge in [-0.05, 0) is 12.1 Å². The molecule has 1 N–H and O–H groups in total. The Bertz CT molecular complexity index is 854. The minimum absolute atomic E-state index is 0.0392. The molecule has 0 amide bonds. The normalized spacial score (nSPS) is 11.2. The lowest BCUT2D eigenvalue weighted by Crippen LogP contribution is -2.22. The van der Waals surface area contributed by atoms with Gasteiger partial charge in [-0.15, -0.1) is 0 Å². The second-order valence-electron chi connectivity index (χ2n) is 5.83. The van der Waals surface area contributed by atoms with Crippen LogP contribution in [0.15, 0.2) is 48.8 Å². The number of aliphatic hydroxyl groups is 1. The average Bonchev–Trinajstić information content (AvgIpc) is 2.98. The molecule has 1 aromatic carbocycles. The lowest BCUT2D eigenvalue weighted by molar-refractivity contribution is 0.215. The molecular weight excluding hydrogens is 274 g/mol. The van der Waals surface area contributed by atoms with Gasteiger partial charge >= 0.3 is 0 Å². The fourth-order valence-electron chi connectivity index (χ4n) is 2.02. The summed E-state index contributed by atoms with van der Waals surface area (Å²) in [5.41, 5.74) is 2.94. The number of benzene rings is 1. The lowest BCUT2D eigenvalue weighted by atomic mass is 9.91. The van der Waals surface area contributed by atoms with E-state index in [1.54, 1.807) is 10.7 Å². The Labute approximate surface area is 129 Å². The Hall–Kier alpha value is -2.64. The van der Waals surface area contributed by atoms with E-state index in [-0.39, 0.29) is 12.0 Å². The number of aromatic nitrogens is 3. The smallest absolute Gasteiger partial charge is 0.155 e. The number of hydrogen-bond acceptors (Lipinski definition) is 3. The van der Waals surface area contributed by atoms with E-state index in [1.165, 1.54) is 0 Å². The molecule has 0 bridgehead atoms. The molecule has 2 heterocycles. The number of fused-ring (bicyclic) bond motifs is 1. The van der Waals surface area contributed by atoms with Gasteiger partial charge in [0.05, 0.1) is 17.9 Å². The summed E-state index contributed by atoms with van der Waals surface area (Å²) in [4.78, 5) is 4.38. The van der Waals surface area contributed by atoms with Crippen LogP contribution in [0.2, 0.25) is 0 Å². The van der Waals surface area contributed by atoms with E-state index >= 15 is 0 Å². The molecule has 4 nitrogen and oxygen atoms in total. The van der Waals surface area contributed by atoms with Crippen LogP contribution in [0.1, 0.15) is 30.7 Å². The molecule has 0 saturated heterocycles. The minimum atomic E-state index is -0.385. The van der Waals surface area contributed by atoms with Gasteiger partial charge in [0, 0.05) is 29.4 Å². The van der Waals surface area contributed by atoms with Gasteiger partial charge in [-0.1, -0.05) is 43.9 Å². The van der Waals surface area contributed by atoms with Crippen molar-refractivity contribution in [1.29, 1.82) is 0 Å². The van der Waals surface area contributed by atoms with Crippen LogP contribution in [0.25, 0.3) is 5.65 Å². The van der Waals surface area contributed by atoms with E-state index in [0.29, 0.717) is 0 Å². The lowest BCUT2D eigenvalue weighted by Gasteiger charge is -2.17. The topological polar surface area (TPSA) is 50.4 Å². The standard InChI is InChI=1S/C18H17N3O/c1-18(2,13-22)16-10-17-19-11-15(12-21(17)20-16)9-8-14-6-4-3-5-7-14/h3-7,10-12,22H,13H2,1-2H3. The fraction of sp³-hybridized carbons (Fsp3) is 0.222. The maximum Gasteiger partial charge on any atom is 0.155 e. The first-order chi connectivity index (χ1) is 10.6. The van der Waals surface area contributed by atoms with Gasteiger partial charge in [0.1, 0.15) is 0 Å². The van der Waals surface area contributed by atoms with Crippen molar-refractivity contribution in [3.05, 3.63) is 65.6 Å². The second kappa shape index (κ2) is 5.63. The Morgan fingerprint density at radius 2 is 1.86 bits per heavy atom. The second-order valence-corrected chi connectivity index (χ2v) is 5.83. The first-order valence-corrected chi connectivity index (χ1v) is 7.12. The molecule has 3 aromatic rings. The van der Waals surface area contributed by atoms with Gasteiger partial charge in [0.25, 0.3) is 0 Å². The van der Waals surface area contributed by atoms with Crippen molar-refractivity contribution in [1.82, 2.24) is 14.6 Å². The largest absolute Gasteiger partial charge is 0.395 e. The zero-order valence-corrected chi connectivity index (χ0v) is 12.6. The third-order valence-electron chi connectivity index (χ3n) is 3.53. The SMILES string of the molecule is CC(C)(CO)c1cc2ncc(C#Cc3ccccc3)cn2n1. The Kier molecular flexibility index (Phi) is 3.66. The number of rotatable bonds is 2. The summed E-state index contributed by atoms with van der Waals surface area (Å²) in [5.74, 6) is 6.20. The summed E-state index contributed by atoms with van der Waals surface area (Å²) in [5, 5.41) is 13.9. The highest BCUT2D eigenvalue weighted by molar-refractivity contribution is 5.46. The summed E-state index contributed by atoms with van der Waals surface area (Å²) in [6, 6.07) is 11.7. The third kappa shape index (κ3) is 2.85.